The molecule has 5 rings (SSSR count). The summed E-state index contributed by atoms with van der Waals surface area (Å²) < 4.78 is 101. The van der Waals surface area contributed by atoms with Gasteiger partial charge >= 0.3 is 0 Å². The zero-order chi connectivity index (χ0) is 35.6. The molecule has 14 heteroatoms. The summed E-state index contributed by atoms with van der Waals surface area (Å²) in [6.45, 7) is 4.74. The van der Waals surface area contributed by atoms with Crippen LogP contribution in [0.4, 0.5) is 17.1 Å². The summed E-state index contributed by atoms with van der Waals surface area (Å²) in [5.74, 6) is 0. The molecule has 49 heavy (non-hydrogen) atoms. The van der Waals surface area contributed by atoms with E-state index in [2.05, 4.69) is 0 Å². The van der Waals surface area contributed by atoms with Crippen LogP contribution in [-0.4, -0.2) is 58.0 Å². The van der Waals surface area contributed by atoms with Crippen molar-refractivity contribution in [2.75, 3.05) is 22.9 Å². The van der Waals surface area contributed by atoms with Gasteiger partial charge in [-0.15, -0.1) is 0 Å². The van der Waals surface area contributed by atoms with E-state index in [1.54, 1.807) is 54.6 Å². The van der Waals surface area contributed by atoms with Crippen molar-refractivity contribution in [1.29, 1.82) is 0 Å². The van der Waals surface area contributed by atoms with Gasteiger partial charge in [0.15, 0.2) is 0 Å². The second kappa shape index (κ2) is 14.1. The van der Waals surface area contributed by atoms with Gasteiger partial charge in [0.2, 0.25) is 0 Å². The molecule has 11 nitrogen and oxygen atoms in total. The summed E-state index contributed by atoms with van der Waals surface area (Å²) in [6.07, 6.45) is 7.40. The molecule has 3 N–H and O–H groups in total. The third kappa shape index (κ3) is 8.02. The first-order chi connectivity index (χ1) is 23.1. The van der Waals surface area contributed by atoms with Crippen molar-refractivity contribution in [3.05, 3.63) is 138 Å². The lowest BCUT2D eigenvalue weighted by Gasteiger charge is -2.31. The number of hydrogen-bond acceptors (Lipinski definition) is 8. The Balaban J connectivity index is 1.58. The SMILES string of the molecule is CCN(c1ccc(C(=C2C=CC(N(CC)c3cccc(S(=O)(=O)O)c3)C=C2)c2ccccc2S(=O)(=O)O)cc1)c1cccc(S(=O)(=O)O)c1. The third-order valence-corrected chi connectivity index (χ3v) is 10.6. The Kier molecular flexibility index (Phi) is 10.3. The summed E-state index contributed by atoms with van der Waals surface area (Å²) in [7, 11) is -13.4. The molecule has 256 valence electrons. The predicted molar refractivity (Wildman–Crippen MR) is 189 cm³/mol. The van der Waals surface area contributed by atoms with E-state index in [0.717, 1.165) is 0 Å². The Morgan fingerprint density at radius 1 is 0.612 bits per heavy atom. The van der Waals surface area contributed by atoms with Crippen LogP contribution in [0.3, 0.4) is 0 Å². The molecular weight excluding hydrogens is 689 g/mol. The van der Waals surface area contributed by atoms with Crippen molar-refractivity contribution >= 4 is 53.0 Å². The molecule has 0 fully saturated rings. The molecule has 0 saturated carbocycles. The predicted octanol–water partition coefficient (Wildman–Crippen LogP) is 6.41. The first-order valence-corrected chi connectivity index (χ1v) is 19.4. The molecule has 0 saturated heterocycles. The molecule has 0 atom stereocenters. The maximum Gasteiger partial charge on any atom is 0.295 e. The number of hydrogen-bond donors (Lipinski definition) is 3. The topological polar surface area (TPSA) is 170 Å². The number of rotatable bonds is 11. The van der Waals surface area contributed by atoms with E-state index in [1.165, 1.54) is 42.5 Å². The van der Waals surface area contributed by atoms with Crippen molar-refractivity contribution in [2.24, 2.45) is 0 Å². The molecule has 0 bridgehead atoms. The van der Waals surface area contributed by atoms with Gasteiger partial charge < -0.3 is 9.80 Å². The number of nitrogens with zero attached hydrogens (tertiary/aromatic N) is 2. The van der Waals surface area contributed by atoms with Crippen molar-refractivity contribution < 1.29 is 38.9 Å². The molecule has 1 aliphatic rings. The fraction of sp³-hybridized carbons (Fsp3) is 0.143. The Morgan fingerprint density at radius 2 is 1.16 bits per heavy atom. The van der Waals surface area contributed by atoms with Crippen LogP contribution in [0.2, 0.25) is 0 Å². The standard InChI is InChI=1S/C35H34N2O9S3/c1-3-36(29-9-7-11-31(23-29)47(38,39)40)27-19-15-25(16-20-27)35(33-13-5-6-14-34(33)49(44,45)46)26-17-21-28(22-18-26)37(4-2)30-10-8-12-32(24-30)48(41,42)43/h5-24,27H,3-4H2,1-2H3,(H,38,39,40)(H,41,42,43)(H,44,45,46). The zero-order valence-electron chi connectivity index (χ0n) is 26.4. The zero-order valence-corrected chi connectivity index (χ0v) is 28.9. The van der Waals surface area contributed by atoms with Gasteiger partial charge in [-0.25, -0.2) is 0 Å². The maximum atomic E-state index is 12.5. The van der Waals surface area contributed by atoms with Gasteiger partial charge in [0.25, 0.3) is 30.4 Å². The van der Waals surface area contributed by atoms with Crippen molar-refractivity contribution in [1.82, 2.24) is 0 Å². The van der Waals surface area contributed by atoms with Crippen LogP contribution in [0.5, 0.6) is 0 Å². The summed E-state index contributed by atoms with van der Waals surface area (Å²) in [5.41, 5.74) is 3.84. The highest BCUT2D eigenvalue weighted by Gasteiger charge is 2.23. The quantitative estimate of drug-likeness (QED) is 0.146. The second-order valence-corrected chi connectivity index (χ2v) is 15.3. The molecule has 0 heterocycles. The summed E-state index contributed by atoms with van der Waals surface area (Å²) in [6, 6.07) is 24.9. The van der Waals surface area contributed by atoms with E-state index in [9.17, 15) is 38.9 Å². The van der Waals surface area contributed by atoms with Crippen LogP contribution in [0.25, 0.3) is 5.57 Å². The molecule has 4 aromatic carbocycles. The molecule has 0 radical (unpaired) electrons. The van der Waals surface area contributed by atoms with E-state index in [1.807, 2.05) is 48.0 Å². The number of allylic oxidation sites excluding steroid dienone is 3. The second-order valence-electron chi connectivity index (χ2n) is 11.0. The fourth-order valence-corrected chi connectivity index (χ4v) is 7.54. The lowest BCUT2D eigenvalue weighted by molar-refractivity contribution is 0.480. The summed E-state index contributed by atoms with van der Waals surface area (Å²) in [5, 5.41) is 0. The molecule has 0 spiro atoms. The average molecular weight is 723 g/mol. The largest absolute Gasteiger partial charge is 0.362 e. The Labute approximate surface area is 286 Å². The van der Waals surface area contributed by atoms with Crippen LogP contribution >= 0.6 is 0 Å². The Morgan fingerprint density at radius 3 is 1.69 bits per heavy atom. The van der Waals surface area contributed by atoms with Crippen molar-refractivity contribution in [3.8, 4) is 0 Å². The molecular formula is C35H34N2O9S3. The monoisotopic (exact) mass is 722 g/mol. The third-order valence-electron chi connectivity index (χ3n) is 8.03. The van der Waals surface area contributed by atoms with Gasteiger partial charge in [-0.3, -0.25) is 13.7 Å². The van der Waals surface area contributed by atoms with Crippen LogP contribution in [0.1, 0.15) is 25.0 Å². The smallest absolute Gasteiger partial charge is 0.295 e. The van der Waals surface area contributed by atoms with Gasteiger partial charge in [0, 0.05) is 35.7 Å². The molecule has 0 amide bonds. The van der Waals surface area contributed by atoms with E-state index < -0.39 is 30.4 Å². The van der Waals surface area contributed by atoms with E-state index >= 15 is 0 Å². The number of benzene rings is 4. The lowest BCUT2D eigenvalue weighted by atomic mass is 9.90. The lowest BCUT2D eigenvalue weighted by Crippen LogP contribution is -2.33. The highest BCUT2D eigenvalue weighted by Crippen LogP contribution is 2.36. The number of likely N-dealkylation sites (N-methyl/N-ethyl adjacent to an activating group) is 1. The van der Waals surface area contributed by atoms with Crippen LogP contribution in [0.15, 0.2) is 142 Å². The van der Waals surface area contributed by atoms with E-state index in [0.29, 0.717) is 46.9 Å². The van der Waals surface area contributed by atoms with E-state index in [4.69, 9.17) is 0 Å². The Hall–Kier alpha value is -4.57. The van der Waals surface area contributed by atoms with Gasteiger partial charge in [0.05, 0.1) is 15.8 Å². The highest BCUT2D eigenvalue weighted by atomic mass is 32.2. The van der Waals surface area contributed by atoms with Crippen molar-refractivity contribution in [2.45, 2.75) is 34.6 Å². The van der Waals surface area contributed by atoms with Gasteiger partial charge in [-0.2, -0.15) is 25.3 Å². The molecule has 0 aromatic heterocycles. The summed E-state index contributed by atoms with van der Waals surface area (Å²) in [4.78, 5) is 3.03. The van der Waals surface area contributed by atoms with Crippen molar-refractivity contribution in [3.63, 3.8) is 0 Å². The Bertz CT molecular complexity index is 2280. The minimum absolute atomic E-state index is 0.229. The van der Waals surface area contributed by atoms with Crippen LogP contribution in [-0.2, 0) is 30.4 Å². The average Bonchev–Trinajstić information content (AvgIpc) is 3.06. The van der Waals surface area contributed by atoms with Crippen LogP contribution in [0, 0.1) is 0 Å². The summed E-state index contributed by atoms with van der Waals surface area (Å²) >= 11 is 0. The molecule has 1 aliphatic carbocycles. The minimum atomic E-state index is -4.62. The fourth-order valence-electron chi connectivity index (χ4n) is 5.80. The maximum absolute atomic E-state index is 12.5. The number of anilines is 3. The normalized spacial score (nSPS) is 14.9. The van der Waals surface area contributed by atoms with Gasteiger partial charge in [-0.1, -0.05) is 66.8 Å². The molecule has 0 unspecified atom stereocenters. The molecule has 4 aromatic rings. The first kappa shape index (κ1) is 35.7. The highest BCUT2D eigenvalue weighted by molar-refractivity contribution is 7.86. The van der Waals surface area contributed by atoms with Crippen LogP contribution < -0.4 is 9.80 Å². The first-order valence-electron chi connectivity index (χ1n) is 15.1. The van der Waals surface area contributed by atoms with Gasteiger partial charge in [-0.05, 0) is 85.2 Å². The van der Waals surface area contributed by atoms with Gasteiger partial charge in [0.1, 0.15) is 4.90 Å². The van der Waals surface area contributed by atoms with E-state index in [-0.39, 0.29) is 26.3 Å². The minimum Gasteiger partial charge on any atom is -0.362 e. The molecule has 0 aliphatic heterocycles.